The summed E-state index contributed by atoms with van der Waals surface area (Å²) in [5.41, 5.74) is 5.51. The van der Waals surface area contributed by atoms with Gasteiger partial charge in [0.05, 0.1) is 0 Å². The van der Waals surface area contributed by atoms with Crippen LogP contribution in [0.15, 0.2) is 18.2 Å². The van der Waals surface area contributed by atoms with E-state index in [9.17, 15) is 0 Å². The molecule has 186 valence electrons. The van der Waals surface area contributed by atoms with Crippen LogP contribution >= 0.6 is 12.4 Å². The van der Waals surface area contributed by atoms with E-state index in [1.54, 1.807) is 11.3 Å². The Balaban J connectivity index is 0.00000259. The Morgan fingerprint density at radius 1 is 0.788 bits per heavy atom. The molecule has 1 aromatic rings. The molecule has 1 spiro atoms. The molecule has 4 heteroatoms. The fourth-order valence-electron chi connectivity index (χ4n) is 7.27. The average Bonchev–Trinajstić information content (AvgIpc) is 3.31. The highest BCUT2D eigenvalue weighted by Gasteiger charge is 2.38. The molecule has 0 radical (unpaired) electrons. The number of benzene rings is 1. The molecule has 4 fully saturated rings. The minimum absolute atomic E-state index is 0. The molecule has 0 amide bonds. The molecule has 0 aromatic heterocycles. The molecule has 2 heterocycles. The maximum Gasteiger partial charge on any atom is 0.0404 e. The zero-order valence-electron chi connectivity index (χ0n) is 21.2. The lowest BCUT2D eigenvalue weighted by Gasteiger charge is -2.41. The van der Waals surface area contributed by atoms with Gasteiger partial charge in [0.15, 0.2) is 0 Å². The van der Waals surface area contributed by atoms with E-state index in [1.165, 1.54) is 135 Å². The summed E-state index contributed by atoms with van der Waals surface area (Å²) in [6, 6.07) is 7.61. The second kappa shape index (κ2) is 11.7. The Bertz CT molecular complexity index is 720. The molecule has 4 aliphatic rings. The first kappa shape index (κ1) is 25.2. The number of rotatable bonds is 6. The van der Waals surface area contributed by atoms with Gasteiger partial charge in [-0.25, -0.2) is 0 Å². The van der Waals surface area contributed by atoms with E-state index >= 15 is 0 Å². The van der Waals surface area contributed by atoms with Crippen molar-refractivity contribution in [3.05, 3.63) is 23.8 Å². The summed E-state index contributed by atoms with van der Waals surface area (Å²) in [6.45, 7) is 11.0. The molecule has 1 aromatic carbocycles. The lowest BCUT2D eigenvalue weighted by molar-refractivity contribution is 0.181. The van der Waals surface area contributed by atoms with Crippen LogP contribution in [0, 0.1) is 5.41 Å². The highest BCUT2D eigenvalue weighted by molar-refractivity contribution is 5.85. The third kappa shape index (κ3) is 5.84. The highest BCUT2D eigenvalue weighted by atomic mass is 35.5. The van der Waals surface area contributed by atoms with Crippen LogP contribution in [0.25, 0.3) is 0 Å². The van der Waals surface area contributed by atoms with Gasteiger partial charge in [0.25, 0.3) is 0 Å². The molecule has 2 aliphatic carbocycles. The number of piperidine rings is 1. The number of halogens is 1. The number of nitrogens with zero attached hydrogens (tertiary/aromatic N) is 3. The highest BCUT2D eigenvalue weighted by Crippen LogP contribution is 2.53. The van der Waals surface area contributed by atoms with Crippen LogP contribution in [0.5, 0.6) is 0 Å². The van der Waals surface area contributed by atoms with Gasteiger partial charge in [-0.05, 0) is 106 Å². The van der Waals surface area contributed by atoms with Gasteiger partial charge in [0.2, 0.25) is 0 Å². The largest absolute Gasteiger partial charge is 0.372 e. The minimum atomic E-state index is 0. The van der Waals surface area contributed by atoms with Crippen LogP contribution in [0.4, 0.5) is 11.4 Å². The number of unbranched alkanes of at least 4 members (excludes halogenated alkanes) is 1. The predicted octanol–water partition coefficient (Wildman–Crippen LogP) is 7.24. The van der Waals surface area contributed by atoms with Crippen molar-refractivity contribution in [3.8, 4) is 0 Å². The molecule has 3 nitrogen and oxygen atoms in total. The number of anilines is 2. The van der Waals surface area contributed by atoms with E-state index < -0.39 is 0 Å². The van der Waals surface area contributed by atoms with Gasteiger partial charge in [-0.1, -0.05) is 26.2 Å². The molecule has 33 heavy (non-hydrogen) atoms. The van der Waals surface area contributed by atoms with Crippen LogP contribution in [0.2, 0.25) is 0 Å². The minimum Gasteiger partial charge on any atom is -0.372 e. The standard InChI is InChI=1S/C29H47N3.ClH/c1-2-3-17-30-20-22-32(23-21-30)28-10-9-26(31-18-7-4-8-19-31)24-27(28)25-11-15-29(16-12-25)13-5-6-14-29;/h9-10,24-25H,2-8,11-23H2,1H3;1H. The SMILES string of the molecule is CCCCN1CCN(c2ccc(N3CCCCC3)cc2C2CCC3(CCCC3)CC2)CC1.Cl. The van der Waals surface area contributed by atoms with Crippen molar-refractivity contribution in [2.75, 3.05) is 55.6 Å². The Morgan fingerprint density at radius 2 is 1.48 bits per heavy atom. The normalized spacial score (nSPS) is 24.3. The van der Waals surface area contributed by atoms with Gasteiger partial charge in [-0.2, -0.15) is 0 Å². The van der Waals surface area contributed by atoms with Gasteiger partial charge < -0.3 is 9.80 Å². The molecular formula is C29H48ClN3. The summed E-state index contributed by atoms with van der Waals surface area (Å²) >= 11 is 0. The number of hydrogen-bond acceptors (Lipinski definition) is 3. The fraction of sp³-hybridized carbons (Fsp3) is 0.793. The molecule has 2 saturated heterocycles. The monoisotopic (exact) mass is 473 g/mol. The summed E-state index contributed by atoms with van der Waals surface area (Å²) in [4.78, 5) is 8.09. The maximum atomic E-state index is 2.73. The van der Waals surface area contributed by atoms with E-state index in [1.807, 2.05) is 0 Å². The van der Waals surface area contributed by atoms with E-state index in [4.69, 9.17) is 0 Å². The third-order valence-corrected chi connectivity index (χ3v) is 9.42. The Kier molecular flexibility index (Phi) is 8.90. The molecule has 0 bridgehead atoms. The average molecular weight is 474 g/mol. The molecule has 2 aliphatic heterocycles. The van der Waals surface area contributed by atoms with E-state index in [2.05, 4.69) is 39.8 Å². The second-order valence-corrected chi connectivity index (χ2v) is 11.5. The van der Waals surface area contributed by atoms with Crippen molar-refractivity contribution in [2.24, 2.45) is 5.41 Å². The zero-order chi connectivity index (χ0) is 21.8. The van der Waals surface area contributed by atoms with E-state index in [-0.39, 0.29) is 12.4 Å². The third-order valence-electron chi connectivity index (χ3n) is 9.42. The fourth-order valence-corrected chi connectivity index (χ4v) is 7.27. The van der Waals surface area contributed by atoms with Crippen LogP contribution < -0.4 is 9.80 Å². The van der Waals surface area contributed by atoms with E-state index in [0.717, 1.165) is 11.3 Å². The summed E-state index contributed by atoms with van der Waals surface area (Å²) < 4.78 is 0. The van der Waals surface area contributed by atoms with Gasteiger partial charge in [0.1, 0.15) is 0 Å². The predicted molar refractivity (Wildman–Crippen MR) is 145 cm³/mol. The maximum absolute atomic E-state index is 2.73. The number of piperazine rings is 1. The first-order chi connectivity index (χ1) is 15.8. The molecular weight excluding hydrogens is 426 g/mol. The topological polar surface area (TPSA) is 9.72 Å². The molecule has 0 unspecified atom stereocenters. The first-order valence-corrected chi connectivity index (χ1v) is 14.1. The van der Waals surface area contributed by atoms with Crippen molar-refractivity contribution in [2.45, 2.75) is 96.3 Å². The van der Waals surface area contributed by atoms with E-state index in [0.29, 0.717) is 0 Å². The zero-order valence-corrected chi connectivity index (χ0v) is 22.0. The second-order valence-electron chi connectivity index (χ2n) is 11.5. The van der Waals surface area contributed by atoms with Gasteiger partial charge in [-0.3, -0.25) is 4.90 Å². The van der Waals surface area contributed by atoms with Crippen LogP contribution in [0.3, 0.4) is 0 Å². The Hall–Kier alpha value is -0.930. The van der Waals surface area contributed by atoms with Crippen LogP contribution in [0.1, 0.15) is 102 Å². The van der Waals surface area contributed by atoms with Crippen LogP contribution in [-0.4, -0.2) is 50.7 Å². The van der Waals surface area contributed by atoms with Gasteiger partial charge >= 0.3 is 0 Å². The molecule has 2 saturated carbocycles. The summed E-state index contributed by atoms with van der Waals surface area (Å²) in [5.74, 6) is 0.777. The van der Waals surface area contributed by atoms with Crippen molar-refractivity contribution in [3.63, 3.8) is 0 Å². The van der Waals surface area contributed by atoms with Crippen molar-refractivity contribution in [1.29, 1.82) is 0 Å². The molecule has 0 N–H and O–H groups in total. The Morgan fingerprint density at radius 3 is 2.15 bits per heavy atom. The first-order valence-electron chi connectivity index (χ1n) is 14.1. The summed E-state index contributed by atoms with van der Waals surface area (Å²) in [7, 11) is 0. The quantitative estimate of drug-likeness (QED) is 0.431. The number of hydrogen-bond donors (Lipinski definition) is 0. The van der Waals surface area contributed by atoms with Crippen molar-refractivity contribution >= 4 is 23.8 Å². The summed E-state index contributed by atoms with van der Waals surface area (Å²) in [6.07, 6.45) is 18.6. The van der Waals surface area contributed by atoms with Gasteiger partial charge in [-0.15, -0.1) is 12.4 Å². The lowest BCUT2D eigenvalue weighted by Crippen LogP contribution is -2.47. The van der Waals surface area contributed by atoms with Crippen molar-refractivity contribution < 1.29 is 0 Å². The Labute approximate surface area is 209 Å². The van der Waals surface area contributed by atoms with Crippen molar-refractivity contribution in [1.82, 2.24) is 4.90 Å². The lowest BCUT2D eigenvalue weighted by atomic mass is 9.68. The van der Waals surface area contributed by atoms with Crippen LogP contribution in [-0.2, 0) is 0 Å². The smallest absolute Gasteiger partial charge is 0.0404 e. The molecule has 0 atom stereocenters. The molecule has 5 rings (SSSR count). The summed E-state index contributed by atoms with van der Waals surface area (Å²) in [5, 5.41) is 0. The van der Waals surface area contributed by atoms with Gasteiger partial charge in [0, 0.05) is 50.6 Å².